The highest BCUT2D eigenvalue weighted by Crippen LogP contribution is 2.29. The van der Waals surface area contributed by atoms with Crippen LogP contribution in [0, 0.1) is 0 Å². The van der Waals surface area contributed by atoms with Crippen molar-refractivity contribution in [3.8, 4) is 0 Å². The summed E-state index contributed by atoms with van der Waals surface area (Å²) in [4.78, 5) is 4.21. The molecule has 14 heavy (non-hydrogen) atoms. The molecule has 1 aromatic heterocycles. The van der Waals surface area contributed by atoms with E-state index in [-0.39, 0.29) is 0 Å². The molecule has 0 atom stereocenters. The molecule has 0 aliphatic rings. The lowest BCUT2D eigenvalue weighted by Crippen LogP contribution is -1.84. The Bertz CT molecular complexity index is 231. The van der Waals surface area contributed by atoms with Crippen LogP contribution in [-0.4, -0.2) is 22.5 Å². The van der Waals surface area contributed by atoms with Gasteiger partial charge in [-0.3, -0.25) is 0 Å². The number of aliphatic hydroxyl groups excluding tert-OH is 1. The first-order valence-electron chi connectivity index (χ1n) is 4.75. The molecule has 78 valence electrons. The van der Waals surface area contributed by atoms with Crippen molar-refractivity contribution >= 4 is 21.6 Å². The van der Waals surface area contributed by atoms with Gasteiger partial charge in [0.1, 0.15) is 5.03 Å². The van der Waals surface area contributed by atoms with Crippen LogP contribution in [0.15, 0.2) is 29.4 Å². The standard InChI is InChI=1S/C10H15NOS2/c12-8-4-1-5-9-13-14-10-6-2-3-7-11-10/h2-3,6-7,12H,1,4-5,8-9H2. The minimum Gasteiger partial charge on any atom is -0.396 e. The van der Waals surface area contributed by atoms with Crippen LogP contribution in [0.5, 0.6) is 0 Å². The third-order valence-electron chi connectivity index (χ3n) is 1.67. The molecular weight excluding hydrogens is 214 g/mol. The molecule has 0 bridgehead atoms. The fraction of sp³-hybridized carbons (Fsp3) is 0.500. The molecule has 1 rings (SSSR count). The molecule has 4 heteroatoms. The topological polar surface area (TPSA) is 33.1 Å². The van der Waals surface area contributed by atoms with Gasteiger partial charge in [-0.05, 0) is 35.8 Å². The maximum Gasteiger partial charge on any atom is 0.106 e. The van der Waals surface area contributed by atoms with Crippen molar-refractivity contribution in [2.45, 2.75) is 24.3 Å². The predicted molar refractivity (Wildman–Crippen MR) is 63.5 cm³/mol. The highest BCUT2D eigenvalue weighted by Gasteiger charge is 1.94. The minimum atomic E-state index is 0.318. The molecule has 1 aromatic rings. The maximum atomic E-state index is 8.58. The fourth-order valence-electron chi connectivity index (χ4n) is 0.948. The summed E-state index contributed by atoms with van der Waals surface area (Å²) >= 11 is 0. The van der Waals surface area contributed by atoms with Gasteiger partial charge in [0.25, 0.3) is 0 Å². The summed E-state index contributed by atoms with van der Waals surface area (Å²) in [5.74, 6) is 1.13. The first-order valence-corrected chi connectivity index (χ1v) is 7.07. The van der Waals surface area contributed by atoms with E-state index >= 15 is 0 Å². The van der Waals surface area contributed by atoms with Gasteiger partial charge in [-0.15, -0.1) is 0 Å². The van der Waals surface area contributed by atoms with E-state index in [9.17, 15) is 0 Å². The number of pyridine rings is 1. The highest BCUT2D eigenvalue weighted by atomic mass is 33.1. The summed E-state index contributed by atoms with van der Waals surface area (Å²) in [5, 5.41) is 9.65. The first kappa shape index (κ1) is 11.9. The Balaban J connectivity index is 1.99. The molecule has 0 radical (unpaired) electrons. The third kappa shape index (κ3) is 5.52. The van der Waals surface area contributed by atoms with Crippen LogP contribution in [0.1, 0.15) is 19.3 Å². The van der Waals surface area contributed by atoms with Crippen LogP contribution in [0.2, 0.25) is 0 Å². The smallest absolute Gasteiger partial charge is 0.106 e. The number of nitrogens with zero attached hydrogens (tertiary/aromatic N) is 1. The minimum absolute atomic E-state index is 0.318. The molecule has 0 aliphatic carbocycles. The summed E-state index contributed by atoms with van der Waals surface area (Å²) in [7, 11) is 3.55. The van der Waals surface area contributed by atoms with Crippen LogP contribution >= 0.6 is 21.6 Å². The van der Waals surface area contributed by atoms with Crippen LogP contribution in [0.3, 0.4) is 0 Å². The van der Waals surface area contributed by atoms with E-state index in [0.29, 0.717) is 6.61 Å². The lowest BCUT2D eigenvalue weighted by atomic mass is 10.3. The van der Waals surface area contributed by atoms with E-state index in [1.54, 1.807) is 10.8 Å². The monoisotopic (exact) mass is 229 g/mol. The molecule has 0 aromatic carbocycles. The Morgan fingerprint density at radius 2 is 2.14 bits per heavy atom. The van der Waals surface area contributed by atoms with Gasteiger partial charge >= 0.3 is 0 Å². The second-order valence-corrected chi connectivity index (χ2v) is 5.29. The normalized spacial score (nSPS) is 10.4. The largest absolute Gasteiger partial charge is 0.396 e. The molecule has 0 unspecified atom stereocenters. The summed E-state index contributed by atoms with van der Waals surface area (Å²) in [6, 6.07) is 5.95. The predicted octanol–water partition coefficient (Wildman–Crippen LogP) is 2.98. The van der Waals surface area contributed by atoms with Crippen molar-refractivity contribution in [2.75, 3.05) is 12.4 Å². The zero-order valence-corrected chi connectivity index (χ0v) is 9.69. The van der Waals surface area contributed by atoms with Gasteiger partial charge in [0.15, 0.2) is 0 Å². The molecule has 0 spiro atoms. The second kappa shape index (κ2) is 8.15. The zero-order valence-electron chi connectivity index (χ0n) is 8.06. The second-order valence-electron chi connectivity index (χ2n) is 2.86. The van der Waals surface area contributed by atoms with Crippen LogP contribution in [-0.2, 0) is 0 Å². The zero-order chi connectivity index (χ0) is 10.1. The number of aliphatic hydroxyl groups is 1. The molecule has 0 amide bonds. The van der Waals surface area contributed by atoms with Gasteiger partial charge in [-0.25, -0.2) is 4.98 Å². The van der Waals surface area contributed by atoms with Gasteiger partial charge in [0.2, 0.25) is 0 Å². The number of hydrogen-bond acceptors (Lipinski definition) is 4. The SMILES string of the molecule is OCCCCCSSc1ccccn1. The Labute approximate surface area is 92.9 Å². The van der Waals surface area contributed by atoms with E-state index in [2.05, 4.69) is 4.98 Å². The van der Waals surface area contributed by atoms with Crippen LogP contribution in [0.25, 0.3) is 0 Å². The van der Waals surface area contributed by atoms with Crippen molar-refractivity contribution in [2.24, 2.45) is 0 Å². The van der Waals surface area contributed by atoms with Crippen LogP contribution < -0.4 is 0 Å². The fourth-order valence-corrected chi connectivity index (χ4v) is 2.97. The van der Waals surface area contributed by atoms with Crippen LogP contribution in [0.4, 0.5) is 0 Å². The summed E-state index contributed by atoms with van der Waals surface area (Å²) in [5.41, 5.74) is 0. The maximum absolute atomic E-state index is 8.58. The summed E-state index contributed by atoms with van der Waals surface area (Å²) in [6.45, 7) is 0.318. The molecule has 0 saturated heterocycles. The number of rotatable bonds is 7. The van der Waals surface area contributed by atoms with Gasteiger partial charge in [-0.2, -0.15) is 0 Å². The molecule has 0 fully saturated rings. The van der Waals surface area contributed by atoms with Gasteiger partial charge < -0.3 is 5.11 Å². The Kier molecular flexibility index (Phi) is 6.91. The van der Waals surface area contributed by atoms with Crippen molar-refractivity contribution < 1.29 is 5.11 Å². The Morgan fingerprint density at radius 3 is 2.86 bits per heavy atom. The van der Waals surface area contributed by atoms with E-state index in [1.165, 1.54) is 6.42 Å². The molecule has 0 saturated carbocycles. The first-order chi connectivity index (χ1) is 6.93. The highest BCUT2D eigenvalue weighted by molar-refractivity contribution is 8.76. The van der Waals surface area contributed by atoms with Gasteiger partial charge in [0.05, 0.1) is 0 Å². The molecule has 0 aliphatic heterocycles. The molecule has 1 N–H and O–H groups in total. The number of aromatic nitrogens is 1. The molecule has 1 heterocycles. The van der Waals surface area contributed by atoms with Crippen molar-refractivity contribution in [1.29, 1.82) is 0 Å². The molecular formula is C10H15NOS2. The van der Waals surface area contributed by atoms with E-state index in [4.69, 9.17) is 5.11 Å². The van der Waals surface area contributed by atoms with Crippen molar-refractivity contribution in [3.05, 3.63) is 24.4 Å². The summed E-state index contributed by atoms with van der Waals surface area (Å²) < 4.78 is 0. The number of hydrogen-bond donors (Lipinski definition) is 1. The van der Waals surface area contributed by atoms with Crippen molar-refractivity contribution in [3.63, 3.8) is 0 Å². The molecule has 2 nitrogen and oxygen atoms in total. The Morgan fingerprint density at radius 1 is 1.21 bits per heavy atom. The average molecular weight is 229 g/mol. The van der Waals surface area contributed by atoms with E-state index in [0.717, 1.165) is 23.6 Å². The van der Waals surface area contributed by atoms with Gasteiger partial charge in [0, 0.05) is 18.6 Å². The van der Waals surface area contributed by atoms with Crippen molar-refractivity contribution in [1.82, 2.24) is 4.98 Å². The Hall–Kier alpha value is -0.190. The average Bonchev–Trinajstić information content (AvgIpc) is 2.25. The quantitative estimate of drug-likeness (QED) is 0.575. The summed E-state index contributed by atoms with van der Waals surface area (Å²) in [6.07, 6.45) is 5.03. The third-order valence-corrected chi connectivity index (χ3v) is 4.02. The van der Waals surface area contributed by atoms with E-state index in [1.807, 2.05) is 35.2 Å². The lowest BCUT2D eigenvalue weighted by molar-refractivity contribution is 0.284. The number of unbranched alkanes of at least 4 members (excludes halogenated alkanes) is 2. The van der Waals surface area contributed by atoms with E-state index < -0.39 is 0 Å². The lowest BCUT2D eigenvalue weighted by Gasteiger charge is -1.99. The van der Waals surface area contributed by atoms with Gasteiger partial charge in [-0.1, -0.05) is 23.3 Å².